The maximum Gasteiger partial charge on any atom is 0.317 e. The molecule has 2 N–H and O–H groups in total. The van der Waals surface area contributed by atoms with Gasteiger partial charge in [-0.25, -0.2) is 4.79 Å². The van der Waals surface area contributed by atoms with Crippen molar-refractivity contribution in [2.75, 3.05) is 13.1 Å². The second-order valence-electron chi connectivity index (χ2n) is 5.27. The van der Waals surface area contributed by atoms with Crippen LogP contribution in [0.4, 0.5) is 4.79 Å². The summed E-state index contributed by atoms with van der Waals surface area (Å²) in [7, 11) is 0. The largest absolute Gasteiger partial charge is 0.481 e. The molecule has 1 fully saturated rings. The van der Waals surface area contributed by atoms with Gasteiger partial charge < -0.3 is 15.3 Å². The van der Waals surface area contributed by atoms with Crippen molar-refractivity contribution >= 4 is 12.0 Å². The topological polar surface area (TPSA) is 69.6 Å². The van der Waals surface area contributed by atoms with Crippen molar-refractivity contribution in [1.82, 2.24) is 10.2 Å². The lowest BCUT2D eigenvalue weighted by Gasteiger charge is -2.25. The Morgan fingerprint density at radius 3 is 2.61 bits per heavy atom. The molecule has 5 heteroatoms. The Bertz CT molecular complexity index is 305. The van der Waals surface area contributed by atoms with Crippen LogP contribution in [0.25, 0.3) is 0 Å². The molecule has 1 saturated heterocycles. The normalized spacial score (nSPS) is 21.1. The van der Waals surface area contributed by atoms with E-state index in [9.17, 15) is 9.59 Å². The molecular formula is C13H24N2O3. The van der Waals surface area contributed by atoms with Crippen LogP contribution in [0.5, 0.6) is 0 Å². The molecule has 5 nitrogen and oxygen atoms in total. The van der Waals surface area contributed by atoms with Gasteiger partial charge in [0.25, 0.3) is 0 Å². The number of urea groups is 1. The average Bonchev–Trinajstić information content (AvgIpc) is 2.75. The molecule has 0 aromatic heterocycles. The quantitative estimate of drug-likeness (QED) is 0.789. The summed E-state index contributed by atoms with van der Waals surface area (Å²) in [4.78, 5) is 24.8. The lowest BCUT2D eigenvalue weighted by atomic mass is 9.96. The van der Waals surface area contributed by atoms with Gasteiger partial charge in [-0.3, -0.25) is 4.79 Å². The van der Waals surface area contributed by atoms with Crippen molar-refractivity contribution in [3.63, 3.8) is 0 Å². The zero-order valence-electron chi connectivity index (χ0n) is 11.5. The Hall–Kier alpha value is -1.26. The fourth-order valence-corrected chi connectivity index (χ4v) is 2.43. The van der Waals surface area contributed by atoms with Crippen molar-refractivity contribution in [3.05, 3.63) is 0 Å². The lowest BCUT2D eigenvalue weighted by molar-refractivity contribution is -0.142. The van der Waals surface area contributed by atoms with Gasteiger partial charge >= 0.3 is 12.0 Å². The third kappa shape index (κ3) is 3.62. The highest BCUT2D eigenvalue weighted by Gasteiger charge is 2.28. The van der Waals surface area contributed by atoms with E-state index in [1.165, 1.54) is 0 Å². The third-order valence-corrected chi connectivity index (χ3v) is 3.70. The molecule has 2 unspecified atom stereocenters. The SMILES string of the molecule is CCC1CCCN1C(=O)NCC(C(=O)O)C(C)C. The minimum atomic E-state index is -0.848. The number of nitrogens with one attached hydrogen (secondary N) is 1. The number of likely N-dealkylation sites (tertiary alicyclic amines) is 1. The number of carbonyl (C=O) groups is 2. The van der Waals surface area contributed by atoms with E-state index in [0.717, 1.165) is 25.8 Å². The average molecular weight is 256 g/mol. The highest BCUT2D eigenvalue weighted by atomic mass is 16.4. The number of hydrogen-bond donors (Lipinski definition) is 2. The van der Waals surface area contributed by atoms with Crippen LogP contribution in [0, 0.1) is 11.8 Å². The number of carbonyl (C=O) groups excluding carboxylic acids is 1. The molecule has 0 aromatic carbocycles. The highest BCUT2D eigenvalue weighted by molar-refractivity contribution is 5.76. The summed E-state index contributed by atoms with van der Waals surface area (Å²) in [6.45, 7) is 6.78. The molecule has 0 bridgehead atoms. The first-order chi connectivity index (χ1) is 8.47. The Kier molecular flexibility index (Phi) is 5.44. The van der Waals surface area contributed by atoms with Crippen molar-refractivity contribution in [2.45, 2.75) is 46.1 Å². The molecule has 0 aliphatic carbocycles. The Balaban J connectivity index is 2.47. The Morgan fingerprint density at radius 1 is 1.44 bits per heavy atom. The van der Waals surface area contributed by atoms with E-state index in [2.05, 4.69) is 12.2 Å². The van der Waals surface area contributed by atoms with Gasteiger partial charge in [-0.05, 0) is 25.2 Å². The van der Waals surface area contributed by atoms with Crippen LogP contribution in [0.2, 0.25) is 0 Å². The number of rotatable bonds is 5. The van der Waals surface area contributed by atoms with Gasteiger partial charge in [-0.15, -0.1) is 0 Å². The van der Waals surface area contributed by atoms with Crippen molar-refractivity contribution in [1.29, 1.82) is 0 Å². The van der Waals surface area contributed by atoms with Gasteiger partial charge in [-0.2, -0.15) is 0 Å². The summed E-state index contributed by atoms with van der Waals surface area (Å²) in [6.07, 6.45) is 3.05. The predicted molar refractivity (Wildman–Crippen MR) is 69.4 cm³/mol. The molecule has 104 valence electrons. The third-order valence-electron chi connectivity index (χ3n) is 3.70. The molecule has 0 aromatic rings. The van der Waals surface area contributed by atoms with E-state index < -0.39 is 11.9 Å². The van der Waals surface area contributed by atoms with Crippen LogP contribution in [-0.4, -0.2) is 41.1 Å². The predicted octanol–water partition coefficient (Wildman–Crippen LogP) is 1.93. The molecule has 0 spiro atoms. The summed E-state index contributed by atoms with van der Waals surface area (Å²) in [5.41, 5.74) is 0. The van der Waals surface area contributed by atoms with Crippen molar-refractivity contribution < 1.29 is 14.7 Å². The van der Waals surface area contributed by atoms with E-state index in [1.54, 1.807) is 0 Å². The van der Waals surface area contributed by atoms with Crippen LogP contribution < -0.4 is 5.32 Å². The van der Waals surface area contributed by atoms with E-state index in [0.29, 0.717) is 6.04 Å². The summed E-state index contributed by atoms with van der Waals surface area (Å²) in [6, 6.07) is 0.193. The maximum atomic E-state index is 12.0. The molecule has 18 heavy (non-hydrogen) atoms. The number of nitrogens with zero attached hydrogens (tertiary/aromatic N) is 1. The van der Waals surface area contributed by atoms with Gasteiger partial charge in [0, 0.05) is 19.1 Å². The summed E-state index contributed by atoms with van der Waals surface area (Å²) < 4.78 is 0. The first-order valence-electron chi connectivity index (χ1n) is 6.74. The van der Waals surface area contributed by atoms with Crippen molar-refractivity contribution in [3.8, 4) is 0 Å². The summed E-state index contributed by atoms with van der Waals surface area (Å²) in [5, 5.41) is 11.8. The van der Waals surface area contributed by atoms with E-state index in [4.69, 9.17) is 5.11 Å². The van der Waals surface area contributed by atoms with Crippen LogP contribution in [0.15, 0.2) is 0 Å². The molecule has 1 rings (SSSR count). The molecule has 1 aliphatic heterocycles. The van der Waals surface area contributed by atoms with Gasteiger partial charge in [0.1, 0.15) is 0 Å². The maximum absolute atomic E-state index is 12.0. The number of hydrogen-bond acceptors (Lipinski definition) is 2. The van der Waals surface area contributed by atoms with Crippen LogP contribution in [0.1, 0.15) is 40.0 Å². The van der Waals surface area contributed by atoms with Gasteiger partial charge in [-0.1, -0.05) is 20.8 Å². The highest BCUT2D eigenvalue weighted by Crippen LogP contribution is 2.19. The fraction of sp³-hybridized carbons (Fsp3) is 0.846. The second-order valence-corrected chi connectivity index (χ2v) is 5.27. The molecule has 1 aliphatic rings. The minimum Gasteiger partial charge on any atom is -0.481 e. The van der Waals surface area contributed by atoms with Crippen LogP contribution in [-0.2, 0) is 4.79 Å². The standard InChI is InChI=1S/C13H24N2O3/c1-4-10-6-5-7-15(10)13(18)14-8-11(9(2)3)12(16)17/h9-11H,4-8H2,1-3H3,(H,14,18)(H,16,17). The van der Waals surface area contributed by atoms with E-state index >= 15 is 0 Å². The summed E-state index contributed by atoms with van der Waals surface area (Å²) >= 11 is 0. The van der Waals surface area contributed by atoms with Gasteiger partial charge in [0.15, 0.2) is 0 Å². The van der Waals surface area contributed by atoms with Crippen LogP contribution >= 0.6 is 0 Å². The molecule has 0 radical (unpaired) electrons. The van der Waals surface area contributed by atoms with Gasteiger partial charge in [0.2, 0.25) is 0 Å². The number of aliphatic carboxylic acids is 1. The number of amides is 2. The summed E-state index contributed by atoms with van der Waals surface area (Å²) in [5.74, 6) is -1.35. The number of carboxylic acids is 1. The monoisotopic (exact) mass is 256 g/mol. The molecule has 2 amide bonds. The van der Waals surface area contributed by atoms with E-state index in [1.807, 2.05) is 18.7 Å². The molecule has 0 saturated carbocycles. The zero-order valence-corrected chi connectivity index (χ0v) is 11.5. The van der Waals surface area contributed by atoms with E-state index in [-0.39, 0.29) is 18.5 Å². The molecular weight excluding hydrogens is 232 g/mol. The lowest BCUT2D eigenvalue weighted by Crippen LogP contribution is -2.45. The minimum absolute atomic E-state index is 0.0170. The first kappa shape index (κ1) is 14.8. The fourth-order valence-electron chi connectivity index (χ4n) is 2.43. The van der Waals surface area contributed by atoms with Crippen LogP contribution in [0.3, 0.4) is 0 Å². The Labute approximate surface area is 109 Å². The van der Waals surface area contributed by atoms with Gasteiger partial charge in [0.05, 0.1) is 5.92 Å². The number of carboxylic acid groups (broad SMARTS) is 1. The molecule has 1 heterocycles. The zero-order chi connectivity index (χ0) is 13.7. The smallest absolute Gasteiger partial charge is 0.317 e. The molecule has 2 atom stereocenters. The second kappa shape index (κ2) is 6.61. The van der Waals surface area contributed by atoms with Crippen molar-refractivity contribution in [2.24, 2.45) is 11.8 Å². The Morgan fingerprint density at radius 2 is 2.11 bits per heavy atom. The first-order valence-corrected chi connectivity index (χ1v) is 6.74.